The third-order valence-corrected chi connectivity index (χ3v) is 1.26. The summed E-state index contributed by atoms with van der Waals surface area (Å²) in [5.41, 5.74) is 5.31. The average molecular weight is 133 g/mol. The number of hydrogen-bond acceptors (Lipinski definition) is 3. The summed E-state index contributed by atoms with van der Waals surface area (Å²) in [6.07, 6.45) is 0.701. The van der Waals surface area contributed by atoms with Crippen LogP contribution in [0.15, 0.2) is 0 Å². The first-order chi connectivity index (χ1) is 3.48. The first-order valence-electron chi connectivity index (χ1n) is 2.41. The van der Waals surface area contributed by atoms with Crippen LogP contribution in [0, 0.1) is 0 Å². The standard InChI is InChI=1S/C5H11NOS/c1-5(2,8)4(6)3-7/h3-4,8H,6H2,1-2H3. The Morgan fingerprint density at radius 2 is 2.12 bits per heavy atom. The minimum atomic E-state index is -0.467. The van der Waals surface area contributed by atoms with Crippen molar-refractivity contribution in [2.24, 2.45) is 5.73 Å². The summed E-state index contributed by atoms with van der Waals surface area (Å²) in [7, 11) is 0. The Bertz CT molecular complexity index is 86.9. The van der Waals surface area contributed by atoms with Gasteiger partial charge >= 0.3 is 0 Å². The van der Waals surface area contributed by atoms with Crippen LogP contribution in [0.5, 0.6) is 0 Å². The van der Waals surface area contributed by atoms with Gasteiger partial charge in [-0.25, -0.2) is 0 Å². The second-order valence-electron chi connectivity index (χ2n) is 2.32. The molecule has 0 saturated carbocycles. The van der Waals surface area contributed by atoms with E-state index in [1.165, 1.54) is 0 Å². The summed E-state index contributed by atoms with van der Waals surface area (Å²) >= 11 is 4.07. The fourth-order valence-electron chi connectivity index (χ4n) is 0.167. The van der Waals surface area contributed by atoms with Crippen molar-refractivity contribution in [3.63, 3.8) is 0 Å². The first-order valence-corrected chi connectivity index (χ1v) is 2.86. The molecule has 0 heterocycles. The molecule has 0 aromatic carbocycles. The van der Waals surface area contributed by atoms with Crippen LogP contribution < -0.4 is 5.73 Å². The highest BCUT2D eigenvalue weighted by molar-refractivity contribution is 7.81. The lowest BCUT2D eigenvalue weighted by Crippen LogP contribution is -2.39. The molecule has 8 heavy (non-hydrogen) atoms. The molecule has 0 rings (SSSR count). The number of hydrogen-bond donors (Lipinski definition) is 2. The molecule has 0 spiro atoms. The Morgan fingerprint density at radius 3 is 2.12 bits per heavy atom. The molecule has 48 valence electrons. The second kappa shape index (κ2) is 2.51. The SMILES string of the molecule is CC(C)(S)C(N)C=O. The monoisotopic (exact) mass is 133 g/mol. The molecule has 0 aliphatic heterocycles. The summed E-state index contributed by atoms with van der Waals surface area (Å²) in [5, 5.41) is 0. The molecule has 0 aliphatic rings. The highest BCUT2D eigenvalue weighted by Crippen LogP contribution is 2.13. The fraction of sp³-hybridized carbons (Fsp3) is 0.800. The lowest BCUT2D eigenvalue weighted by atomic mass is 10.1. The van der Waals surface area contributed by atoms with Gasteiger partial charge in [-0.1, -0.05) is 0 Å². The van der Waals surface area contributed by atoms with Gasteiger partial charge in [0.15, 0.2) is 0 Å². The van der Waals surface area contributed by atoms with Gasteiger partial charge in [0.1, 0.15) is 6.29 Å². The number of aldehydes is 1. The van der Waals surface area contributed by atoms with Gasteiger partial charge in [-0.3, -0.25) is 0 Å². The lowest BCUT2D eigenvalue weighted by Gasteiger charge is -2.19. The van der Waals surface area contributed by atoms with Gasteiger partial charge in [-0.15, -0.1) is 0 Å². The average Bonchev–Trinajstić information content (AvgIpc) is 1.62. The van der Waals surface area contributed by atoms with E-state index in [-0.39, 0.29) is 4.75 Å². The van der Waals surface area contributed by atoms with Crippen LogP contribution in [0.3, 0.4) is 0 Å². The molecule has 2 nitrogen and oxygen atoms in total. The molecule has 3 heteroatoms. The van der Waals surface area contributed by atoms with E-state index in [1.807, 2.05) is 0 Å². The zero-order valence-corrected chi connectivity index (χ0v) is 5.98. The van der Waals surface area contributed by atoms with Crippen molar-refractivity contribution >= 4 is 18.9 Å². The largest absolute Gasteiger partial charge is 0.321 e. The summed E-state index contributed by atoms with van der Waals surface area (Å²) in [6, 6.07) is -0.467. The third-order valence-electron chi connectivity index (χ3n) is 0.962. The molecule has 2 N–H and O–H groups in total. The molecule has 0 bridgehead atoms. The van der Waals surface area contributed by atoms with Gasteiger partial charge in [0.25, 0.3) is 0 Å². The van der Waals surface area contributed by atoms with E-state index in [2.05, 4.69) is 12.6 Å². The molecule has 0 saturated heterocycles. The smallest absolute Gasteiger partial charge is 0.138 e. The molecule has 1 unspecified atom stereocenters. The zero-order valence-electron chi connectivity index (χ0n) is 5.09. The van der Waals surface area contributed by atoms with Crippen LogP contribution in [-0.4, -0.2) is 17.1 Å². The zero-order chi connectivity index (χ0) is 6.78. The van der Waals surface area contributed by atoms with Gasteiger partial charge in [-0.05, 0) is 13.8 Å². The molecule has 0 aliphatic carbocycles. The highest BCUT2D eigenvalue weighted by atomic mass is 32.1. The predicted octanol–water partition coefficient (Wildman–Crippen LogP) is 0.221. The van der Waals surface area contributed by atoms with E-state index in [0.29, 0.717) is 6.29 Å². The first kappa shape index (κ1) is 7.98. The van der Waals surface area contributed by atoms with E-state index >= 15 is 0 Å². The Labute approximate surface area is 54.9 Å². The van der Waals surface area contributed by atoms with Crippen molar-refractivity contribution < 1.29 is 4.79 Å². The maximum Gasteiger partial charge on any atom is 0.138 e. The van der Waals surface area contributed by atoms with Gasteiger partial charge in [0.2, 0.25) is 0 Å². The van der Waals surface area contributed by atoms with Crippen molar-refractivity contribution in [3.05, 3.63) is 0 Å². The van der Waals surface area contributed by atoms with E-state index in [4.69, 9.17) is 5.73 Å². The molecule has 0 aromatic heterocycles. The Morgan fingerprint density at radius 1 is 1.75 bits per heavy atom. The predicted molar refractivity (Wildman–Crippen MR) is 37.1 cm³/mol. The molecular formula is C5H11NOS. The number of thiol groups is 1. The molecule has 0 fully saturated rings. The van der Waals surface area contributed by atoms with Crippen molar-refractivity contribution in [3.8, 4) is 0 Å². The van der Waals surface area contributed by atoms with Crippen molar-refractivity contribution in [2.45, 2.75) is 24.6 Å². The van der Waals surface area contributed by atoms with Crippen molar-refractivity contribution in [1.29, 1.82) is 0 Å². The quantitative estimate of drug-likeness (QED) is 0.418. The van der Waals surface area contributed by atoms with E-state index in [0.717, 1.165) is 0 Å². The second-order valence-corrected chi connectivity index (χ2v) is 3.47. The summed E-state index contributed by atoms with van der Waals surface area (Å²) in [5.74, 6) is 0. The maximum atomic E-state index is 9.98. The van der Waals surface area contributed by atoms with Crippen LogP contribution in [0.2, 0.25) is 0 Å². The molecule has 0 aromatic rings. The highest BCUT2D eigenvalue weighted by Gasteiger charge is 2.20. The minimum Gasteiger partial charge on any atom is -0.321 e. The van der Waals surface area contributed by atoms with E-state index in [9.17, 15) is 4.79 Å². The van der Waals surface area contributed by atoms with E-state index in [1.54, 1.807) is 13.8 Å². The number of rotatable bonds is 2. The normalized spacial score (nSPS) is 15.5. The third kappa shape index (κ3) is 2.33. The number of carbonyl (C=O) groups excluding carboxylic acids is 1. The summed E-state index contributed by atoms with van der Waals surface area (Å²) in [6.45, 7) is 3.60. The molecule has 0 radical (unpaired) electrons. The number of carbonyl (C=O) groups is 1. The van der Waals surface area contributed by atoms with Gasteiger partial charge in [0, 0.05) is 4.75 Å². The fourth-order valence-corrected chi connectivity index (χ4v) is 0.227. The molecular weight excluding hydrogens is 122 g/mol. The summed E-state index contributed by atoms with van der Waals surface area (Å²) in [4.78, 5) is 9.98. The van der Waals surface area contributed by atoms with Crippen LogP contribution in [0.4, 0.5) is 0 Å². The maximum absolute atomic E-state index is 9.98. The Balaban J connectivity index is 3.80. The minimum absolute atomic E-state index is 0.387. The molecule has 0 amide bonds. The van der Waals surface area contributed by atoms with Crippen molar-refractivity contribution in [2.75, 3.05) is 0 Å². The van der Waals surface area contributed by atoms with Crippen LogP contribution in [-0.2, 0) is 4.79 Å². The van der Waals surface area contributed by atoms with Crippen LogP contribution in [0.25, 0.3) is 0 Å². The topological polar surface area (TPSA) is 43.1 Å². The van der Waals surface area contributed by atoms with Gasteiger partial charge in [-0.2, -0.15) is 12.6 Å². The Kier molecular flexibility index (Phi) is 2.50. The number of nitrogens with two attached hydrogens (primary N) is 1. The van der Waals surface area contributed by atoms with Crippen molar-refractivity contribution in [1.82, 2.24) is 0 Å². The van der Waals surface area contributed by atoms with Crippen LogP contribution in [0.1, 0.15) is 13.8 Å². The van der Waals surface area contributed by atoms with Crippen LogP contribution >= 0.6 is 12.6 Å². The van der Waals surface area contributed by atoms with Gasteiger partial charge in [0.05, 0.1) is 6.04 Å². The Hall–Kier alpha value is -0.0200. The summed E-state index contributed by atoms with van der Waals surface area (Å²) < 4.78 is -0.387. The van der Waals surface area contributed by atoms with E-state index < -0.39 is 6.04 Å². The van der Waals surface area contributed by atoms with Gasteiger partial charge < -0.3 is 10.5 Å². The molecule has 1 atom stereocenters. The lowest BCUT2D eigenvalue weighted by molar-refractivity contribution is -0.109.